The fourth-order valence-electron chi connectivity index (χ4n) is 6.33. The Labute approximate surface area is 344 Å². The lowest BCUT2D eigenvalue weighted by atomic mass is 10.0. The van der Waals surface area contributed by atoms with Gasteiger partial charge in [0.15, 0.2) is 6.10 Å². The molecule has 0 saturated carbocycles. The summed E-state index contributed by atoms with van der Waals surface area (Å²) < 4.78 is 33.2. The fourth-order valence-corrected chi connectivity index (χ4v) is 7.08. The highest BCUT2D eigenvalue weighted by Crippen LogP contribution is 2.43. The lowest BCUT2D eigenvalue weighted by Crippen LogP contribution is -2.29. The molecule has 2 N–H and O–H groups in total. The van der Waals surface area contributed by atoms with E-state index in [4.69, 9.17) is 18.5 Å². The first-order chi connectivity index (χ1) is 27.3. The van der Waals surface area contributed by atoms with Crippen molar-refractivity contribution in [2.45, 2.75) is 213 Å². The fraction of sp³-hybridized carbons (Fsp3) is 0.826. The Morgan fingerprint density at radius 1 is 0.571 bits per heavy atom. The van der Waals surface area contributed by atoms with E-state index in [0.717, 1.165) is 70.6 Å². The van der Waals surface area contributed by atoms with E-state index >= 15 is 0 Å². The molecule has 56 heavy (non-hydrogen) atoms. The Bertz CT molecular complexity index is 1020. The van der Waals surface area contributed by atoms with Crippen molar-refractivity contribution in [3.05, 3.63) is 36.5 Å². The molecule has 0 fully saturated rings. The molecule has 10 heteroatoms. The van der Waals surface area contributed by atoms with Crippen molar-refractivity contribution in [3.8, 4) is 0 Å². The van der Waals surface area contributed by atoms with Crippen molar-refractivity contribution < 1.29 is 37.6 Å². The average Bonchev–Trinajstić information content (AvgIpc) is 3.18. The number of phosphoric acid groups is 1. The van der Waals surface area contributed by atoms with E-state index in [0.29, 0.717) is 13.0 Å². The van der Waals surface area contributed by atoms with Gasteiger partial charge in [-0.2, -0.15) is 0 Å². The van der Waals surface area contributed by atoms with Crippen LogP contribution in [-0.2, 0) is 32.7 Å². The minimum absolute atomic E-state index is 0.0190. The molecule has 0 aromatic rings. The van der Waals surface area contributed by atoms with Crippen molar-refractivity contribution in [2.75, 3.05) is 33.4 Å². The summed E-state index contributed by atoms with van der Waals surface area (Å²) in [5.41, 5.74) is 0. The molecule has 2 atom stereocenters. The maximum Gasteiger partial charge on any atom is 0.472 e. The van der Waals surface area contributed by atoms with Crippen LogP contribution in [0.15, 0.2) is 36.5 Å². The van der Waals surface area contributed by atoms with Gasteiger partial charge in [0.25, 0.3) is 0 Å². The Balaban J connectivity index is 4.17. The molecule has 0 aromatic heterocycles. The first-order valence-electron chi connectivity index (χ1n) is 22.9. The molecule has 0 rings (SSSR count). The number of likely N-dealkylation sites (N-methyl/N-ethyl adjacent to an activating group) is 1. The van der Waals surface area contributed by atoms with Gasteiger partial charge in [-0.25, -0.2) is 4.57 Å². The Morgan fingerprint density at radius 3 is 1.52 bits per heavy atom. The van der Waals surface area contributed by atoms with E-state index in [1.807, 2.05) is 0 Å². The molecule has 0 amide bonds. The van der Waals surface area contributed by atoms with Gasteiger partial charge in [0.2, 0.25) is 0 Å². The van der Waals surface area contributed by atoms with E-state index in [1.54, 1.807) is 7.05 Å². The van der Waals surface area contributed by atoms with Crippen LogP contribution in [-0.4, -0.2) is 56.3 Å². The van der Waals surface area contributed by atoms with Crippen LogP contribution in [0.4, 0.5) is 0 Å². The van der Waals surface area contributed by atoms with Crippen molar-refractivity contribution >= 4 is 19.8 Å². The number of rotatable bonds is 43. The molecule has 0 saturated heterocycles. The van der Waals surface area contributed by atoms with Gasteiger partial charge in [-0.1, -0.05) is 185 Å². The zero-order chi connectivity index (χ0) is 41.1. The number of carbonyl (C=O) groups excluding carboxylic acids is 2. The summed E-state index contributed by atoms with van der Waals surface area (Å²) in [7, 11) is -2.65. The lowest BCUT2D eigenvalue weighted by molar-refractivity contribution is -0.161. The van der Waals surface area contributed by atoms with Gasteiger partial charge in [-0.15, -0.1) is 0 Å². The molecule has 328 valence electrons. The largest absolute Gasteiger partial charge is 0.472 e. The monoisotopic (exact) mass is 812 g/mol. The molecule has 0 bridgehead atoms. The molecular weight excluding hydrogens is 725 g/mol. The lowest BCUT2D eigenvalue weighted by Gasteiger charge is -2.20. The van der Waals surface area contributed by atoms with Crippen LogP contribution < -0.4 is 5.32 Å². The van der Waals surface area contributed by atoms with Crippen molar-refractivity contribution in [3.63, 3.8) is 0 Å². The number of hydrogen-bond acceptors (Lipinski definition) is 8. The molecular formula is C46H86NO8P. The van der Waals surface area contributed by atoms with Crippen LogP contribution >= 0.6 is 7.82 Å². The molecule has 0 aliphatic heterocycles. The van der Waals surface area contributed by atoms with Crippen molar-refractivity contribution in [2.24, 2.45) is 0 Å². The van der Waals surface area contributed by atoms with Gasteiger partial charge < -0.3 is 19.7 Å². The van der Waals surface area contributed by atoms with E-state index in [2.05, 4.69) is 55.6 Å². The second-order valence-electron chi connectivity index (χ2n) is 15.2. The molecule has 9 nitrogen and oxygen atoms in total. The molecule has 0 radical (unpaired) electrons. The molecule has 0 aromatic carbocycles. The molecule has 0 spiro atoms. The predicted molar refractivity (Wildman–Crippen MR) is 234 cm³/mol. The van der Waals surface area contributed by atoms with E-state index in [-0.39, 0.29) is 32.0 Å². The third-order valence-corrected chi connectivity index (χ3v) is 10.8. The number of ether oxygens (including phenoxy) is 2. The summed E-state index contributed by atoms with van der Waals surface area (Å²) in [4.78, 5) is 35.1. The number of nitrogens with one attached hydrogen (secondary N) is 1. The van der Waals surface area contributed by atoms with E-state index < -0.39 is 26.5 Å². The van der Waals surface area contributed by atoms with Crippen LogP contribution in [0.5, 0.6) is 0 Å². The number of carbonyl (C=O) groups is 2. The summed E-state index contributed by atoms with van der Waals surface area (Å²) in [6, 6.07) is 0. The van der Waals surface area contributed by atoms with Gasteiger partial charge in [-0.3, -0.25) is 18.6 Å². The molecule has 0 heterocycles. The van der Waals surface area contributed by atoms with Crippen LogP contribution in [0, 0.1) is 0 Å². The smallest absolute Gasteiger partial charge is 0.462 e. The summed E-state index contributed by atoms with van der Waals surface area (Å²) in [6.45, 7) is 4.12. The summed E-state index contributed by atoms with van der Waals surface area (Å²) in [5.74, 6) is -0.819. The van der Waals surface area contributed by atoms with Crippen LogP contribution in [0.3, 0.4) is 0 Å². The quantitative estimate of drug-likeness (QED) is 0.0268. The number of hydrogen-bond donors (Lipinski definition) is 2. The molecule has 0 aliphatic rings. The Hall–Kier alpha value is -1.77. The highest BCUT2D eigenvalue weighted by Gasteiger charge is 2.26. The third kappa shape index (κ3) is 41.9. The number of esters is 2. The maximum absolute atomic E-state index is 12.6. The van der Waals surface area contributed by atoms with Gasteiger partial charge in [0.1, 0.15) is 6.61 Å². The number of allylic oxidation sites excluding steroid dienone is 6. The Morgan fingerprint density at radius 2 is 1.02 bits per heavy atom. The second-order valence-corrected chi connectivity index (χ2v) is 16.7. The van der Waals surface area contributed by atoms with Crippen LogP contribution in [0.25, 0.3) is 0 Å². The standard InChI is InChI=1S/C46H86NO8P/c1-4-6-8-10-12-14-16-18-20-21-22-23-25-27-29-31-33-35-37-39-46(49)55-44(43-54-56(50,51)53-41-40-47-3)42-52-45(48)38-36-34-32-30-28-26-24-19-17-15-13-11-9-7-5-2/h7,9,13,15,19,24,44,47H,4-6,8,10-12,14,16-18,20-23,25-43H2,1-3H3,(H,50,51)/b9-7-,15-13-,24-19-. The highest BCUT2D eigenvalue weighted by molar-refractivity contribution is 7.47. The summed E-state index contributed by atoms with van der Waals surface area (Å²) in [6.07, 6.45) is 46.2. The SMILES string of the molecule is CC/C=C\C/C=C\C/C=C\CCCCCCCC(=O)OCC(COP(=O)(O)OCCNC)OC(=O)CCCCCCCCCCCCCCCCCCCCC. The van der Waals surface area contributed by atoms with Crippen LogP contribution in [0.2, 0.25) is 0 Å². The topological polar surface area (TPSA) is 120 Å². The molecule has 0 aliphatic carbocycles. The second kappa shape index (κ2) is 42.8. The first kappa shape index (κ1) is 54.2. The van der Waals surface area contributed by atoms with Gasteiger partial charge in [0, 0.05) is 19.4 Å². The average molecular weight is 812 g/mol. The summed E-state index contributed by atoms with van der Waals surface area (Å²) >= 11 is 0. The minimum atomic E-state index is -4.35. The third-order valence-electron chi connectivity index (χ3n) is 9.77. The zero-order valence-electron chi connectivity index (χ0n) is 36.3. The van der Waals surface area contributed by atoms with Gasteiger partial charge in [0.05, 0.1) is 13.2 Å². The van der Waals surface area contributed by atoms with Crippen molar-refractivity contribution in [1.29, 1.82) is 0 Å². The van der Waals surface area contributed by atoms with Gasteiger partial charge in [-0.05, 0) is 52.0 Å². The van der Waals surface area contributed by atoms with E-state index in [9.17, 15) is 19.0 Å². The number of unbranched alkanes of at least 4 members (excludes halogenated alkanes) is 23. The maximum atomic E-state index is 12.6. The molecule has 2 unspecified atom stereocenters. The first-order valence-corrected chi connectivity index (χ1v) is 24.4. The van der Waals surface area contributed by atoms with Crippen LogP contribution in [0.1, 0.15) is 206 Å². The summed E-state index contributed by atoms with van der Waals surface area (Å²) in [5, 5.41) is 2.82. The highest BCUT2D eigenvalue weighted by atomic mass is 31.2. The van der Waals surface area contributed by atoms with Crippen molar-refractivity contribution in [1.82, 2.24) is 5.32 Å². The predicted octanol–water partition coefficient (Wildman–Crippen LogP) is 13.2. The zero-order valence-corrected chi connectivity index (χ0v) is 37.2. The van der Waals surface area contributed by atoms with E-state index in [1.165, 1.54) is 103 Å². The Kier molecular flexibility index (Phi) is 41.5. The number of phosphoric ester groups is 1. The minimum Gasteiger partial charge on any atom is -0.462 e. The normalized spacial score (nSPS) is 13.6. The van der Waals surface area contributed by atoms with Gasteiger partial charge >= 0.3 is 19.8 Å².